The van der Waals surface area contributed by atoms with Crippen LogP contribution in [-0.4, -0.2) is 29.4 Å². The van der Waals surface area contributed by atoms with Crippen LogP contribution in [0.1, 0.15) is 44.1 Å². The molecule has 2 saturated carbocycles. The van der Waals surface area contributed by atoms with Gasteiger partial charge in [-0.3, -0.25) is 0 Å². The molecule has 2 fully saturated rings. The van der Waals surface area contributed by atoms with Crippen LogP contribution >= 0.6 is 0 Å². The Hall–Kier alpha value is -1.06. The smallest absolute Gasteiger partial charge is 0.119 e. The van der Waals surface area contributed by atoms with Crippen LogP contribution in [0.4, 0.5) is 0 Å². The van der Waals surface area contributed by atoms with Gasteiger partial charge in [0.05, 0.1) is 6.61 Å². The average Bonchev–Trinajstić information content (AvgIpc) is 3.26. The van der Waals surface area contributed by atoms with Gasteiger partial charge < -0.3 is 15.2 Å². The standard InChI is InChI=1S/C17H25NO2/c1-13-4-8-15(9-5-13)20-16-3-2-10-17(11-16,12-19)18-14-6-7-14/h4-5,8-9,14,16,18-19H,2-3,6-7,10-12H2,1H3. The van der Waals surface area contributed by atoms with Crippen molar-refractivity contribution in [1.29, 1.82) is 0 Å². The Kier molecular flexibility index (Phi) is 3.99. The van der Waals surface area contributed by atoms with E-state index in [2.05, 4.69) is 24.4 Å². The maximum atomic E-state index is 9.82. The lowest BCUT2D eigenvalue weighted by Gasteiger charge is -2.40. The normalized spacial score (nSPS) is 30.2. The van der Waals surface area contributed by atoms with E-state index in [4.69, 9.17) is 4.74 Å². The van der Waals surface area contributed by atoms with Gasteiger partial charge in [-0.15, -0.1) is 0 Å². The second kappa shape index (κ2) is 5.74. The third-order valence-corrected chi connectivity index (χ3v) is 4.51. The minimum Gasteiger partial charge on any atom is -0.490 e. The van der Waals surface area contributed by atoms with Crippen molar-refractivity contribution in [2.24, 2.45) is 0 Å². The molecule has 2 unspecified atom stereocenters. The summed E-state index contributed by atoms with van der Waals surface area (Å²) in [5, 5.41) is 13.5. The van der Waals surface area contributed by atoms with Gasteiger partial charge in [0.25, 0.3) is 0 Å². The van der Waals surface area contributed by atoms with E-state index >= 15 is 0 Å². The first-order valence-corrected chi connectivity index (χ1v) is 7.81. The van der Waals surface area contributed by atoms with E-state index in [9.17, 15) is 5.11 Å². The van der Waals surface area contributed by atoms with Crippen LogP contribution in [0, 0.1) is 6.92 Å². The number of hydrogen-bond acceptors (Lipinski definition) is 3. The highest BCUT2D eigenvalue weighted by Gasteiger charge is 2.40. The molecule has 0 spiro atoms. The summed E-state index contributed by atoms with van der Waals surface area (Å²) in [5.41, 5.74) is 1.13. The van der Waals surface area contributed by atoms with Gasteiger partial charge in [-0.2, -0.15) is 0 Å². The van der Waals surface area contributed by atoms with E-state index in [0.717, 1.165) is 31.4 Å². The topological polar surface area (TPSA) is 41.5 Å². The van der Waals surface area contributed by atoms with Gasteiger partial charge in [-0.1, -0.05) is 17.7 Å². The van der Waals surface area contributed by atoms with E-state index < -0.39 is 0 Å². The molecule has 0 amide bonds. The number of hydrogen-bond donors (Lipinski definition) is 2. The van der Waals surface area contributed by atoms with Crippen LogP contribution in [0.2, 0.25) is 0 Å². The van der Waals surface area contributed by atoms with Crippen molar-refractivity contribution in [3.05, 3.63) is 29.8 Å². The maximum absolute atomic E-state index is 9.82. The number of rotatable bonds is 5. The number of benzene rings is 1. The minimum atomic E-state index is -0.116. The molecular weight excluding hydrogens is 250 g/mol. The first-order valence-electron chi connectivity index (χ1n) is 7.81. The third-order valence-electron chi connectivity index (χ3n) is 4.51. The van der Waals surface area contributed by atoms with E-state index in [0.29, 0.717) is 6.04 Å². The van der Waals surface area contributed by atoms with Gasteiger partial charge in [0.1, 0.15) is 11.9 Å². The Bertz CT molecular complexity index is 441. The van der Waals surface area contributed by atoms with Crippen molar-refractivity contribution >= 4 is 0 Å². The predicted octanol–water partition coefficient (Wildman–Crippen LogP) is 2.80. The molecule has 0 aliphatic heterocycles. The second-order valence-electron chi connectivity index (χ2n) is 6.51. The molecule has 0 aromatic heterocycles. The van der Waals surface area contributed by atoms with Crippen molar-refractivity contribution < 1.29 is 9.84 Å². The van der Waals surface area contributed by atoms with Gasteiger partial charge >= 0.3 is 0 Å². The number of ether oxygens (including phenoxy) is 1. The zero-order valence-corrected chi connectivity index (χ0v) is 12.3. The maximum Gasteiger partial charge on any atom is 0.119 e. The zero-order valence-electron chi connectivity index (χ0n) is 12.3. The summed E-state index contributed by atoms with van der Waals surface area (Å²) in [6, 6.07) is 8.87. The van der Waals surface area contributed by atoms with Crippen LogP contribution in [0.3, 0.4) is 0 Å². The average molecular weight is 275 g/mol. The van der Waals surface area contributed by atoms with E-state index in [1.54, 1.807) is 0 Å². The second-order valence-corrected chi connectivity index (χ2v) is 6.51. The molecular formula is C17H25NO2. The molecule has 1 aromatic carbocycles. The molecule has 0 saturated heterocycles. The van der Waals surface area contributed by atoms with Gasteiger partial charge in [-0.25, -0.2) is 0 Å². The molecule has 2 N–H and O–H groups in total. The predicted molar refractivity (Wildman–Crippen MR) is 80.0 cm³/mol. The lowest BCUT2D eigenvalue weighted by Crippen LogP contribution is -2.54. The van der Waals surface area contributed by atoms with Crippen molar-refractivity contribution in [2.45, 2.75) is 63.1 Å². The Balaban J connectivity index is 1.63. The number of aryl methyl sites for hydroxylation is 1. The Labute approximate surface area is 121 Å². The van der Waals surface area contributed by atoms with Gasteiger partial charge in [0.15, 0.2) is 0 Å². The van der Waals surface area contributed by atoms with Crippen molar-refractivity contribution in [3.63, 3.8) is 0 Å². The van der Waals surface area contributed by atoms with Crippen LogP contribution < -0.4 is 10.1 Å². The van der Waals surface area contributed by atoms with Crippen LogP contribution in [0.5, 0.6) is 5.75 Å². The molecule has 2 atom stereocenters. The summed E-state index contributed by atoms with van der Waals surface area (Å²) in [7, 11) is 0. The lowest BCUT2D eigenvalue weighted by molar-refractivity contribution is 0.0497. The molecule has 0 bridgehead atoms. The molecule has 110 valence electrons. The summed E-state index contributed by atoms with van der Waals surface area (Å²) < 4.78 is 6.12. The van der Waals surface area contributed by atoms with Crippen molar-refractivity contribution in [2.75, 3.05) is 6.61 Å². The summed E-state index contributed by atoms with van der Waals surface area (Å²) in [5.74, 6) is 0.945. The van der Waals surface area contributed by atoms with Gasteiger partial charge in [-0.05, 0) is 51.2 Å². The first kappa shape index (κ1) is 13.9. The highest BCUT2D eigenvalue weighted by molar-refractivity contribution is 5.26. The summed E-state index contributed by atoms with van der Waals surface area (Å²) in [6.45, 7) is 2.30. The quantitative estimate of drug-likeness (QED) is 0.868. The van der Waals surface area contributed by atoms with Crippen LogP contribution in [0.25, 0.3) is 0 Å². The molecule has 3 heteroatoms. The Morgan fingerprint density at radius 1 is 1.25 bits per heavy atom. The zero-order chi connectivity index (χ0) is 14.0. The fraction of sp³-hybridized carbons (Fsp3) is 0.647. The first-order chi connectivity index (χ1) is 9.69. The van der Waals surface area contributed by atoms with Gasteiger partial charge in [0, 0.05) is 18.0 Å². The van der Waals surface area contributed by atoms with Crippen molar-refractivity contribution in [1.82, 2.24) is 5.32 Å². The third kappa shape index (κ3) is 3.33. The fourth-order valence-corrected chi connectivity index (χ4v) is 3.20. The molecule has 3 nitrogen and oxygen atoms in total. The SMILES string of the molecule is Cc1ccc(OC2CCCC(CO)(NC3CC3)C2)cc1. The minimum absolute atomic E-state index is 0.116. The molecule has 0 heterocycles. The molecule has 0 radical (unpaired) electrons. The van der Waals surface area contributed by atoms with E-state index in [1.807, 2.05) is 12.1 Å². The summed E-state index contributed by atoms with van der Waals surface area (Å²) in [4.78, 5) is 0. The molecule has 1 aromatic rings. The molecule has 20 heavy (non-hydrogen) atoms. The Morgan fingerprint density at radius 2 is 2.00 bits per heavy atom. The number of nitrogens with one attached hydrogen (secondary N) is 1. The Morgan fingerprint density at radius 3 is 2.65 bits per heavy atom. The monoisotopic (exact) mass is 275 g/mol. The van der Waals surface area contributed by atoms with E-state index in [1.165, 1.54) is 18.4 Å². The molecule has 3 rings (SSSR count). The van der Waals surface area contributed by atoms with Crippen LogP contribution in [-0.2, 0) is 0 Å². The molecule has 2 aliphatic carbocycles. The van der Waals surface area contributed by atoms with Gasteiger partial charge in [0.2, 0.25) is 0 Å². The highest BCUT2D eigenvalue weighted by Crippen LogP contribution is 2.34. The summed E-state index contributed by atoms with van der Waals surface area (Å²) >= 11 is 0. The number of aliphatic hydroxyl groups excluding tert-OH is 1. The molecule has 2 aliphatic rings. The van der Waals surface area contributed by atoms with Crippen LogP contribution in [0.15, 0.2) is 24.3 Å². The lowest BCUT2D eigenvalue weighted by atomic mass is 9.80. The number of aliphatic hydroxyl groups is 1. The summed E-state index contributed by atoms with van der Waals surface area (Å²) in [6.07, 6.45) is 6.90. The van der Waals surface area contributed by atoms with Crippen molar-refractivity contribution in [3.8, 4) is 5.75 Å². The van der Waals surface area contributed by atoms with E-state index in [-0.39, 0.29) is 18.2 Å². The highest BCUT2D eigenvalue weighted by atomic mass is 16.5. The largest absolute Gasteiger partial charge is 0.490 e. The fourth-order valence-electron chi connectivity index (χ4n) is 3.20.